The number of nitrogens with one attached hydrogen (secondary N) is 1. The summed E-state index contributed by atoms with van der Waals surface area (Å²) in [6.45, 7) is 2.14. The number of rotatable bonds is 5. The van der Waals surface area contributed by atoms with E-state index in [0.29, 0.717) is 11.8 Å². The Morgan fingerprint density at radius 1 is 1.36 bits per heavy atom. The van der Waals surface area contributed by atoms with E-state index in [9.17, 15) is 4.79 Å². The van der Waals surface area contributed by atoms with E-state index < -0.39 is 0 Å². The van der Waals surface area contributed by atoms with Crippen molar-refractivity contribution in [2.24, 2.45) is 0 Å². The number of hydrogen-bond acceptors (Lipinski definition) is 5. The van der Waals surface area contributed by atoms with Gasteiger partial charge in [0.2, 0.25) is 5.91 Å². The average molecular weight is 335 g/mol. The molecule has 22 heavy (non-hydrogen) atoms. The Labute approximate surface area is 139 Å². The molecule has 4 nitrogen and oxygen atoms in total. The standard InChI is InChI=1S/C16H21N3OS2/c1-2-12-8-13-15(17-10-18-16(13)22-12)21-9-14(20)19-11-6-4-3-5-7-11/h8,10-11H,2-7,9H2,1H3,(H,19,20). The maximum Gasteiger partial charge on any atom is 0.230 e. The quantitative estimate of drug-likeness (QED) is 0.667. The first-order valence-electron chi connectivity index (χ1n) is 7.92. The molecule has 0 spiro atoms. The van der Waals surface area contributed by atoms with Gasteiger partial charge in [0, 0.05) is 16.3 Å². The molecule has 2 aromatic rings. The van der Waals surface area contributed by atoms with Gasteiger partial charge in [-0.05, 0) is 25.3 Å². The zero-order valence-electron chi connectivity index (χ0n) is 12.8. The van der Waals surface area contributed by atoms with Crippen molar-refractivity contribution in [3.05, 3.63) is 17.3 Å². The van der Waals surface area contributed by atoms with Crippen LogP contribution in [0.4, 0.5) is 0 Å². The summed E-state index contributed by atoms with van der Waals surface area (Å²) in [5.74, 6) is 0.550. The lowest BCUT2D eigenvalue weighted by molar-refractivity contribution is -0.119. The SMILES string of the molecule is CCc1cc2c(SCC(=O)NC3CCCCC3)ncnc2s1. The Hall–Kier alpha value is -1.14. The number of hydrogen-bond donors (Lipinski definition) is 1. The molecule has 0 atom stereocenters. The molecule has 0 aliphatic heterocycles. The average Bonchev–Trinajstić information content (AvgIpc) is 2.97. The first-order valence-corrected chi connectivity index (χ1v) is 9.72. The van der Waals surface area contributed by atoms with Crippen molar-refractivity contribution >= 4 is 39.2 Å². The minimum Gasteiger partial charge on any atom is -0.353 e. The lowest BCUT2D eigenvalue weighted by Gasteiger charge is -2.22. The van der Waals surface area contributed by atoms with Gasteiger partial charge in [-0.15, -0.1) is 11.3 Å². The lowest BCUT2D eigenvalue weighted by atomic mass is 9.95. The molecule has 0 radical (unpaired) electrons. The lowest BCUT2D eigenvalue weighted by Crippen LogP contribution is -2.37. The second kappa shape index (κ2) is 7.42. The van der Waals surface area contributed by atoms with E-state index in [4.69, 9.17) is 0 Å². The van der Waals surface area contributed by atoms with Crippen LogP contribution in [0.3, 0.4) is 0 Å². The number of aromatic nitrogens is 2. The number of thioether (sulfide) groups is 1. The van der Waals surface area contributed by atoms with Gasteiger partial charge in [-0.25, -0.2) is 9.97 Å². The zero-order chi connectivity index (χ0) is 15.4. The number of carbonyl (C=O) groups excluding carboxylic acids is 1. The monoisotopic (exact) mass is 335 g/mol. The van der Waals surface area contributed by atoms with E-state index in [2.05, 4.69) is 28.3 Å². The summed E-state index contributed by atoms with van der Waals surface area (Å²) in [5, 5.41) is 5.15. The smallest absolute Gasteiger partial charge is 0.230 e. The number of fused-ring (bicyclic) bond motifs is 1. The fraction of sp³-hybridized carbons (Fsp3) is 0.562. The van der Waals surface area contributed by atoms with Crippen molar-refractivity contribution in [2.75, 3.05) is 5.75 Å². The third-order valence-corrected chi connectivity index (χ3v) is 6.20. The van der Waals surface area contributed by atoms with Gasteiger partial charge in [0.15, 0.2) is 0 Å². The Morgan fingerprint density at radius 2 is 2.18 bits per heavy atom. The number of nitrogens with zero attached hydrogens (tertiary/aromatic N) is 2. The molecule has 3 rings (SSSR count). The van der Waals surface area contributed by atoms with Gasteiger partial charge in [-0.1, -0.05) is 37.9 Å². The molecular formula is C16H21N3OS2. The molecule has 1 saturated carbocycles. The Kier molecular flexibility index (Phi) is 5.31. The van der Waals surface area contributed by atoms with Crippen LogP contribution in [-0.2, 0) is 11.2 Å². The van der Waals surface area contributed by atoms with E-state index in [1.165, 1.54) is 35.9 Å². The van der Waals surface area contributed by atoms with Crippen LogP contribution >= 0.6 is 23.1 Å². The molecule has 1 N–H and O–H groups in total. The summed E-state index contributed by atoms with van der Waals surface area (Å²) in [7, 11) is 0. The Morgan fingerprint density at radius 3 is 2.95 bits per heavy atom. The van der Waals surface area contributed by atoms with Gasteiger partial charge in [-0.3, -0.25) is 4.79 Å². The van der Waals surface area contributed by atoms with Crippen molar-refractivity contribution < 1.29 is 4.79 Å². The van der Waals surface area contributed by atoms with Crippen LogP contribution in [0.2, 0.25) is 0 Å². The summed E-state index contributed by atoms with van der Waals surface area (Å²) in [6, 6.07) is 2.53. The molecule has 0 aromatic carbocycles. The van der Waals surface area contributed by atoms with Crippen molar-refractivity contribution in [1.29, 1.82) is 0 Å². The zero-order valence-corrected chi connectivity index (χ0v) is 14.4. The van der Waals surface area contributed by atoms with E-state index in [-0.39, 0.29) is 5.91 Å². The molecule has 1 aliphatic rings. The summed E-state index contributed by atoms with van der Waals surface area (Å²) in [6.07, 6.45) is 8.63. The first-order chi connectivity index (χ1) is 10.8. The summed E-state index contributed by atoms with van der Waals surface area (Å²) in [4.78, 5) is 23.1. The number of amides is 1. The van der Waals surface area contributed by atoms with Crippen LogP contribution in [0.5, 0.6) is 0 Å². The van der Waals surface area contributed by atoms with E-state index in [1.54, 1.807) is 17.7 Å². The fourth-order valence-corrected chi connectivity index (χ4v) is 4.61. The highest BCUT2D eigenvalue weighted by molar-refractivity contribution is 8.00. The van der Waals surface area contributed by atoms with Crippen LogP contribution in [0.1, 0.15) is 43.9 Å². The summed E-state index contributed by atoms with van der Waals surface area (Å²) < 4.78 is 0. The van der Waals surface area contributed by atoms with Gasteiger partial charge < -0.3 is 5.32 Å². The molecular weight excluding hydrogens is 314 g/mol. The Balaban J connectivity index is 1.61. The fourth-order valence-electron chi connectivity index (χ4n) is 2.82. The topological polar surface area (TPSA) is 54.9 Å². The maximum atomic E-state index is 12.1. The predicted octanol–water partition coefficient (Wildman–Crippen LogP) is 3.79. The molecule has 0 unspecified atom stereocenters. The van der Waals surface area contributed by atoms with E-state index in [1.807, 2.05) is 0 Å². The number of carbonyl (C=O) groups is 1. The van der Waals surface area contributed by atoms with Crippen LogP contribution < -0.4 is 5.32 Å². The van der Waals surface area contributed by atoms with Crippen molar-refractivity contribution in [3.8, 4) is 0 Å². The van der Waals surface area contributed by atoms with Crippen molar-refractivity contribution in [3.63, 3.8) is 0 Å². The third kappa shape index (κ3) is 3.79. The second-order valence-corrected chi connectivity index (χ2v) is 7.73. The van der Waals surface area contributed by atoms with Crippen molar-refractivity contribution in [1.82, 2.24) is 15.3 Å². The summed E-state index contributed by atoms with van der Waals surface area (Å²) in [5.41, 5.74) is 0. The summed E-state index contributed by atoms with van der Waals surface area (Å²) >= 11 is 3.22. The largest absolute Gasteiger partial charge is 0.353 e. The minimum atomic E-state index is 0.120. The molecule has 0 bridgehead atoms. The Bertz CT molecular complexity index is 650. The maximum absolute atomic E-state index is 12.1. The van der Waals surface area contributed by atoms with Gasteiger partial charge >= 0.3 is 0 Å². The van der Waals surface area contributed by atoms with Crippen LogP contribution in [0.15, 0.2) is 17.4 Å². The van der Waals surface area contributed by atoms with Gasteiger partial charge in [0.1, 0.15) is 16.2 Å². The van der Waals surface area contributed by atoms with Gasteiger partial charge in [0.25, 0.3) is 0 Å². The van der Waals surface area contributed by atoms with E-state index >= 15 is 0 Å². The molecule has 6 heteroatoms. The number of thiophene rings is 1. The molecule has 0 saturated heterocycles. The van der Waals surface area contributed by atoms with Crippen LogP contribution in [0.25, 0.3) is 10.2 Å². The molecule has 118 valence electrons. The molecule has 1 amide bonds. The normalized spacial score (nSPS) is 16.0. The minimum absolute atomic E-state index is 0.120. The highest BCUT2D eigenvalue weighted by Crippen LogP contribution is 2.30. The highest BCUT2D eigenvalue weighted by Gasteiger charge is 2.16. The van der Waals surface area contributed by atoms with Gasteiger partial charge in [0.05, 0.1) is 5.75 Å². The van der Waals surface area contributed by atoms with Crippen LogP contribution in [-0.4, -0.2) is 27.7 Å². The van der Waals surface area contributed by atoms with Crippen LogP contribution in [0, 0.1) is 0 Å². The third-order valence-electron chi connectivity index (χ3n) is 4.00. The molecule has 1 aliphatic carbocycles. The highest BCUT2D eigenvalue weighted by atomic mass is 32.2. The molecule has 1 fully saturated rings. The first kappa shape index (κ1) is 15.7. The number of aryl methyl sites for hydroxylation is 1. The van der Waals surface area contributed by atoms with Crippen molar-refractivity contribution in [2.45, 2.75) is 56.5 Å². The van der Waals surface area contributed by atoms with E-state index in [0.717, 1.165) is 34.5 Å². The molecule has 2 aromatic heterocycles. The van der Waals surface area contributed by atoms with Gasteiger partial charge in [-0.2, -0.15) is 0 Å². The molecule has 2 heterocycles. The predicted molar refractivity (Wildman–Crippen MR) is 92.5 cm³/mol. The second-order valence-electron chi connectivity index (χ2n) is 5.66.